The zero-order chi connectivity index (χ0) is 33.6. The molecule has 1 aromatic heterocycles. The third-order valence-electron chi connectivity index (χ3n) is 7.65. The van der Waals surface area contributed by atoms with E-state index in [0.717, 1.165) is 11.1 Å². The van der Waals surface area contributed by atoms with E-state index >= 15 is 0 Å². The van der Waals surface area contributed by atoms with Crippen molar-refractivity contribution in [2.24, 2.45) is 4.99 Å². The van der Waals surface area contributed by atoms with E-state index in [-0.39, 0.29) is 24.3 Å². The van der Waals surface area contributed by atoms with Crippen LogP contribution in [-0.4, -0.2) is 23.8 Å². The molecule has 5 aromatic rings. The molecule has 240 valence electrons. The number of ether oxygens (including phenoxy) is 3. The number of hydrogen-bond donors (Lipinski definition) is 0. The molecular weight excluding hydrogens is 646 g/mol. The Hall–Kier alpha value is -5.43. The van der Waals surface area contributed by atoms with Crippen molar-refractivity contribution in [2.45, 2.75) is 26.5 Å². The molecule has 10 heteroatoms. The number of carbonyl (C=O) groups excluding carboxylic acids is 1. The molecule has 0 saturated heterocycles. The van der Waals surface area contributed by atoms with E-state index < -0.39 is 12.0 Å². The van der Waals surface area contributed by atoms with Crippen LogP contribution in [0.15, 0.2) is 112 Å². The molecule has 0 bridgehead atoms. The topological polar surface area (TPSA) is 103 Å². The van der Waals surface area contributed by atoms with Crippen molar-refractivity contribution in [2.75, 3.05) is 13.2 Å². The highest BCUT2D eigenvalue weighted by Crippen LogP contribution is 2.36. The van der Waals surface area contributed by atoms with Crippen LogP contribution in [0, 0.1) is 11.3 Å². The van der Waals surface area contributed by atoms with Gasteiger partial charge in [0.25, 0.3) is 5.56 Å². The fourth-order valence-corrected chi connectivity index (χ4v) is 6.59. The van der Waals surface area contributed by atoms with Crippen LogP contribution in [0.2, 0.25) is 5.02 Å². The van der Waals surface area contributed by atoms with Crippen molar-refractivity contribution in [1.29, 1.82) is 5.26 Å². The summed E-state index contributed by atoms with van der Waals surface area (Å²) in [7, 11) is 0. The van der Waals surface area contributed by atoms with Crippen LogP contribution in [0.25, 0.3) is 11.8 Å². The summed E-state index contributed by atoms with van der Waals surface area (Å²) in [4.78, 5) is 33.2. The van der Waals surface area contributed by atoms with Crippen molar-refractivity contribution in [1.82, 2.24) is 4.57 Å². The molecule has 0 aliphatic carbocycles. The number of hydrogen-bond acceptors (Lipinski definition) is 8. The van der Waals surface area contributed by atoms with Gasteiger partial charge in [-0.25, -0.2) is 9.79 Å². The molecule has 4 aromatic carbocycles. The standard InChI is InChI=1S/C38H30ClN3O5S/c1-3-45-31-20-24(14-19-30(31)47-23-28-13-9-8-12-27(28)22-40)21-32-36(43)42-35(26-15-17-29(39)18-16-26)33(37(44)46-4-2)34(41-38(42)48-32)25-10-6-5-7-11-25/h5-21,35H,3-4,23H2,1-2H3/b32-21-/t35-/m1/s1. The zero-order valence-corrected chi connectivity index (χ0v) is 27.8. The Morgan fingerprint density at radius 2 is 1.71 bits per heavy atom. The summed E-state index contributed by atoms with van der Waals surface area (Å²) in [5, 5.41) is 9.98. The first-order valence-corrected chi connectivity index (χ1v) is 16.5. The number of aromatic nitrogens is 1. The first-order valence-electron chi connectivity index (χ1n) is 15.3. The summed E-state index contributed by atoms with van der Waals surface area (Å²) >= 11 is 7.47. The van der Waals surface area contributed by atoms with Gasteiger partial charge in [-0.15, -0.1) is 0 Å². The maximum atomic E-state index is 14.2. The minimum Gasteiger partial charge on any atom is -0.490 e. The van der Waals surface area contributed by atoms with Crippen molar-refractivity contribution in [3.8, 4) is 17.6 Å². The molecule has 0 amide bonds. The number of thiazole rings is 1. The normalized spacial score (nSPS) is 14.1. The molecule has 48 heavy (non-hydrogen) atoms. The number of rotatable bonds is 10. The Morgan fingerprint density at radius 3 is 2.44 bits per heavy atom. The summed E-state index contributed by atoms with van der Waals surface area (Å²) in [6, 6.07) is 30.5. The Balaban J connectivity index is 1.47. The second kappa shape index (κ2) is 14.6. The van der Waals surface area contributed by atoms with E-state index in [2.05, 4.69) is 6.07 Å². The minimum atomic E-state index is -0.805. The molecule has 0 radical (unpaired) electrons. The summed E-state index contributed by atoms with van der Waals surface area (Å²) in [6.07, 6.45) is 1.77. The summed E-state index contributed by atoms with van der Waals surface area (Å²) in [5.41, 5.74) is 3.84. The van der Waals surface area contributed by atoms with Crippen LogP contribution >= 0.6 is 22.9 Å². The molecular formula is C38H30ClN3O5S. The lowest BCUT2D eigenvalue weighted by atomic mass is 9.93. The Kier molecular flexibility index (Phi) is 9.86. The molecule has 0 fully saturated rings. The molecule has 0 unspecified atom stereocenters. The fourth-order valence-electron chi connectivity index (χ4n) is 5.46. The summed E-state index contributed by atoms with van der Waals surface area (Å²) < 4.78 is 19.5. The first-order chi connectivity index (χ1) is 23.4. The van der Waals surface area contributed by atoms with Gasteiger partial charge in [0.1, 0.15) is 6.61 Å². The molecule has 0 N–H and O–H groups in total. The van der Waals surface area contributed by atoms with Crippen LogP contribution in [0.3, 0.4) is 0 Å². The van der Waals surface area contributed by atoms with Gasteiger partial charge in [-0.2, -0.15) is 5.26 Å². The molecule has 6 rings (SSSR count). The van der Waals surface area contributed by atoms with Crippen molar-refractivity contribution in [3.63, 3.8) is 0 Å². The largest absolute Gasteiger partial charge is 0.490 e. The quantitative estimate of drug-likeness (QED) is 0.158. The Labute approximate surface area is 286 Å². The third kappa shape index (κ3) is 6.67. The molecule has 1 atom stereocenters. The Morgan fingerprint density at radius 1 is 0.958 bits per heavy atom. The van der Waals surface area contributed by atoms with E-state index in [1.807, 2.05) is 67.6 Å². The molecule has 0 spiro atoms. The van der Waals surface area contributed by atoms with Crippen molar-refractivity contribution in [3.05, 3.63) is 155 Å². The predicted molar refractivity (Wildman–Crippen MR) is 186 cm³/mol. The van der Waals surface area contributed by atoms with Gasteiger partial charge in [-0.1, -0.05) is 89.7 Å². The average Bonchev–Trinajstić information content (AvgIpc) is 3.42. The first kappa shape index (κ1) is 32.5. The number of halogens is 1. The van der Waals surface area contributed by atoms with E-state index in [9.17, 15) is 14.9 Å². The smallest absolute Gasteiger partial charge is 0.338 e. The highest BCUT2D eigenvalue weighted by atomic mass is 35.5. The van der Waals surface area contributed by atoms with Crippen LogP contribution < -0.4 is 24.4 Å². The summed E-state index contributed by atoms with van der Waals surface area (Å²) in [5.74, 6) is 0.463. The van der Waals surface area contributed by atoms with Crippen LogP contribution in [0.5, 0.6) is 11.5 Å². The molecule has 1 aliphatic rings. The second-order valence-electron chi connectivity index (χ2n) is 10.7. The molecule has 8 nitrogen and oxygen atoms in total. The molecule has 0 saturated carbocycles. The van der Waals surface area contributed by atoms with Gasteiger partial charge in [-0.3, -0.25) is 9.36 Å². The average molecular weight is 676 g/mol. The number of esters is 1. The van der Waals surface area contributed by atoms with Crippen LogP contribution in [0.4, 0.5) is 0 Å². The fraction of sp³-hybridized carbons (Fsp3) is 0.158. The lowest BCUT2D eigenvalue weighted by Gasteiger charge is -2.25. The SMILES string of the molecule is CCOC(=O)C1=C(c2ccccc2)N=c2s/c(=C\c3ccc(OCc4ccccc4C#N)c(OCC)c3)c(=O)n2[C@@H]1c1ccc(Cl)cc1. The molecule has 1 aliphatic heterocycles. The van der Waals surface area contributed by atoms with Crippen molar-refractivity contribution >= 4 is 40.7 Å². The second-order valence-corrected chi connectivity index (χ2v) is 12.1. The number of benzene rings is 4. The van der Waals surface area contributed by atoms with Gasteiger partial charge in [0.2, 0.25) is 0 Å². The summed E-state index contributed by atoms with van der Waals surface area (Å²) in [6.45, 7) is 4.37. The third-order valence-corrected chi connectivity index (χ3v) is 8.88. The minimum absolute atomic E-state index is 0.162. The van der Waals surface area contributed by atoms with Gasteiger partial charge in [-0.05, 0) is 61.4 Å². The van der Waals surface area contributed by atoms with E-state index in [1.54, 1.807) is 54.0 Å². The van der Waals surface area contributed by atoms with Gasteiger partial charge in [0.15, 0.2) is 16.3 Å². The zero-order valence-electron chi connectivity index (χ0n) is 26.2. The number of nitrogens with zero attached hydrogens (tertiary/aromatic N) is 3. The monoisotopic (exact) mass is 675 g/mol. The van der Waals surface area contributed by atoms with Crippen LogP contribution in [0.1, 0.15) is 47.7 Å². The number of fused-ring (bicyclic) bond motifs is 1. The highest BCUT2D eigenvalue weighted by Gasteiger charge is 2.35. The van der Waals surface area contributed by atoms with Crippen LogP contribution in [-0.2, 0) is 16.1 Å². The van der Waals surface area contributed by atoms with Gasteiger partial charge < -0.3 is 14.2 Å². The highest BCUT2D eigenvalue weighted by molar-refractivity contribution is 7.07. The predicted octanol–water partition coefficient (Wildman–Crippen LogP) is 6.44. The van der Waals surface area contributed by atoms with Gasteiger partial charge in [0, 0.05) is 16.1 Å². The van der Waals surface area contributed by atoms with Gasteiger partial charge >= 0.3 is 5.97 Å². The van der Waals surface area contributed by atoms with Crippen molar-refractivity contribution < 1.29 is 19.0 Å². The molecule has 2 heterocycles. The number of nitriles is 1. The maximum Gasteiger partial charge on any atom is 0.338 e. The lowest BCUT2D eigenvalue weighted by molar-refractivity contribution is -0.138. The Bertz CT molecular complexity index is 2240. The van der Waals surface area contributed by atoms with Gasteiger partial charge in [0.05, 0.1) is 46.7 Å². The number of carbonyl (C=O) groups is 1. The van der Waals surface area contributed by atoms with E-state index in [0.29, 0.717) is 54.8 Å². The van der Waals surface area contributed by atoms with E-state index in [1.165, 1.54) is 11.3 Å². The maximum absolute atomic E-state index is 14.2. The van der Waals surface area contributed by atoms with E-state index in [4.69, 9.17) is 30.8 Å². The lowest BCUT2D eigenvalue weighted by Crippen LogP contribution is -2.40.